The highest BCUT2D eigenvalue weighted by atomic mass is 35.5. The van der Waals surface area contributed by atoms with E-state index in [2.05, 4.69) is 5.32 Å². The van der Waals surface area contributed by atoms with Crippen LogP contribution in [0.5, 0.6) is 0 Å². The number of nitrogens with two attached hydrogens (primary N) is 1. The Kier molecular flexibility index (Phi) is 7.97. The lowest BCUT2D eigenvalue weighted by molar-refractivity contribution is -0.118. The molecule has 2 rings (SSSR count). The van der Waals surface area contributed by atoms with Gasteiger partial charge >= 0.3 is 0 Å². The van der Waals surface area contributed by atoms with Gasteiger partial charge in [-0.1, -0.05) is 12.1 Å². The van der Waals surface area contributed by atoms with Crippen molar-refractivity contribution in [3.05, 3.63) is 29.8 Å². The lowest BCUT2D eigenvalue weighted by Gasteiger charge is -2.27. The maximum atomic E-state index is 12.6. The summed E-state index contributed by atoms with van der Waals surface area (Å²) in [5.74, 6) is -0.511. The van der Waals surface area contributed by atoms with Crippen LogP contribution in [0.15, 0.2) is 24.3 Å². The molecular weight excluding hydrogens is 322 g/mol. The molecule has 1 atom stereocenters. The number of amides is 2. The molecule has 7 nitrogen and oxygen atoms in total. The van der Waals surface area contributed by atoms with E-state index in [1.807, 2.05) is 0 Å². The molecule has 0 saturated carbocycles. The topological polar surface area (TPSA) is 93.9 Å². The zero-order valence-corrected chi connectivity index (χ0v) is 13.8. The second kappa shape index (κ2) is 9.46. The minimum Gasteiger partial charge on any atom is -0.383 e. The van der Waals surface area contributed by atoms with Crippen LogP contribution in [0.4, 0.5) is 5.69 Å². The van der Waals surface area contributed by atoms with Crippen LogP contribution >= 0.6 is 12.4 Å². The molecule has 1 aliphatic heterocycles. The molecule has 1 aromatic carbocycles. The number of hydrogen-bond acceptors (Lipinski definition) is 5. The van der Waals surface area contributed by atoms with Gasteiger partial charge < -0.3 is 25.4 Å². The summed E-state index contributed by atoms with van der Waals surface area (Å²) in [4.78, 5) is 26.3. The predicted octanol–water partition coefficient (Wildman–Crippen LogP) is 0.493. The molecule has 1 saturated heterocycles. The first-order valence-electron chi connectivity index (χ1n) is 7.15. The third kappa shape index (κ3) is 5.18. The van der Waals surface area contributed by atoms with Crippen molar-refractivity contribution in [1.82, 2.24) is 4.90 Å². The number of hydrogen-bond donors (Lipinski definition) is 2. The maximum Gasteiger partial charge on any atom is 0.256 e. The fourth-order valence-electron chi connectivity index (χ4n) is 2.20. The summed E-state index contributed by atoms with van der Waals surface area (Å²) < 4.78 is 10.1. The van der Waals surface area contributed by atoms with Gasteiger partial charge in [0, 0.05) is 20.2 Å². The van der Waals surface area contributed by atoms with Crippen LogP contribution in [-0.2, 0) is 14.3 Å². The zero-order chi connectivity index (χ0) is 15.9. The summed E-state index contributed by atoms with van der Waals surface area (Å²) in [6, 6.07) is 6.11. The fourth-order valence-corrected chi connectivity index (χ4v) is 2.20. The number of halogens is 1. The molecule has 1 fully saturated rings. The minimum atomic E-state index is -0.781. The molecule has 1 aromatic rings. The number of carbonyl (C=O) groups excluding carboxylic acids is 2. The Balaban J connectivity index is 0.00000264. The first kappa shape index (κ1) is 19.4. The highest BCUT2D eigenvalue weighted by molar-refractivity contribution is 6.04. The molecule has 1 heterocycles. The molecule has 1 aliphatic rings. The van der Waals surface area contributed by atoms with E-state index in [1.165, 1.54) is 7.11 Å². The molecule has 0 aromatic heterocycles. The standard InChI is InChI=1S/C15H21N3O4.ClH/c1-21-10-12(16)14(19)17-13-5-3-2-4-11(13)15(20)18-6-8-22-9-7-18;/h2-5,12H,6-10,16H2,1H3,(H,17,19);1H. The van der Waals surface area contributed by atoms with Crippen molar-refractivity contribution in [1.29, 1.82) is 0 Å². The van der Waals surface area contributed by atoms with Crippen molar-refractivity contribution in [2.45, 2.75) is 6.04 Å². The van der Waals surface area contributed by atoms with Gasteiger partial charge in [0.2, 0.25) is 5.91 Å². The Morgan fingerprint density at radius 3 is 2.65 bits per heavy atom. The van der Waals surface area contributed by atoms with Gasteiger partial charge in [0.15, 0.2) is 0 Å². The molecule has 128 valence electrons. The number of para-hydroxylation sites is 1. The van der Waals surface area contributed by atoms with Crippen LogP contribution in [0.2, 0.25) is 0 Å². The Morgan fingerprint density at radius 1 is 1.35 bits per heavy atom. The molecule has 0 bridgehead atoms. The maximum absolute atomic E-state index is 12.6. The van der Waals surface area contributed by atoms with Crippen molar-refractivity contribution in [2.75, 3.05) is 45.3 Å². The number of ether oxygens (including phenoxy) is 2. The highest BCUT2D eigenvalue weighted by Crippen LogP contribution is 2.18. The smallest absolute Gasteiger partial charge is 0.256 e. The molecular formula is C15H22ClN3O4. The van der Waals surface area contributed by atoms with E-state index < -0.39 is 6.04 Å². The number of morpholine rings is 1. The molecule has 8 heteroatoms. The van der Waals surface area contributed by atoms with Gasteiger partial charge in [-0.3, -0.25) is 9.59 Å². The average Bonchev–Trinajstić information content (AvgIpc) is 2.55. The molecule has 1 unspecified atom stereocenters. The SMILES string of the molecule is COCC(N)C(=O)Nc1ccccc1C(=O)N1CCOCC1.Cl. The second-order valence-electron chi connectivity index (χ2n) is 5.00. The normalized spacial score (nSPS) is 15.5. The molecule has 3 N–H and O–H groups in total. The van der Waals surface area contributed by atoms with Gasteiger partial charge in [-0.15, -0.1) is 12.4 Å². The van der Waals surface area contributed by atoms with Gasteiger partial charge in [0.05, 0.1) is 31.1 Å². The van der Waals surface area contributed by atoms with Gasteiger partial charge in [-0.2, -0.15) is 0 Å². The van der Waals surface area contributed by atoms with Crippen LogP contribution < -0.4 is 11.1 Å². The van der Waals surface area contributed by atoms with Crippen molar-refractivity contribution < 1.29 is 19.1 Å². The summed E-state index contributed by atoms with van der Waals surface area (Å²) in [5, 5.41) is 2.69. The number of nitrogens with one attached hydrogen (secondary N) is 1. The number of methoxy groups -OCH3 is 1. The summed E-state index contributed by atoms with van der Waals surface area (Å²) in [7, 11) is 1.48. The molecule has 0 radical (unpaired) electrons. The number of benzene rings is 1. The zero-order valence-electron chi connectivity index (χ0n) is 13.0. The fraction of sp³-hybridized carbons (Fsp3) is 0.467. The van der Waals surface area contributed by atoms with E-state index in [-0.39, 0.29) is 30.8 Å². The second-order valence-corrected chi connectivity index (χ2v) is 5.00. The largest absolute Gasteiger partial charge is 0.383 e. The summed E-state index contributed by atoms with van der Waals surface area (Å²) in [6.45, 7) is 2.26. The monoisotopic (exact) mass is 343 g/mol. The minimum absolute atomic E-state index is 0. The average molecular weight is 344 g/mol. The van der Waals surface area contributed by atoms with Crippen LogP contribution in [-0.4, -0.2) is 62.8 Å². The van der Waals surface area contributed by atoms with Gasteiger partial charge in [-0.25, -0.2) is 0 Å². The van der Waals surface area contributed by atoms with Crippen LogP contribution in [0.3, 0.4) is 0 Å². The van der Waals surface area contributed by atoms with E-state index in [0.717, 1.165) is 0 Å². The Bertz CT molecular complexity index is 535. The van der Waals surface area contributed by atoms with E-state index in [9.17, 15) is 9.59 Å². The summed E-state index contributed by atoms with van der Waals surface area (Å²) >= 11 is 0. The van der Waals surface area contributed by atoms with E-state index in [4.69, 9.17) is 15.2 Å². The van der Waals surface area contributed by atoms with Gasteiger partial charge in [0.25, 0.3) is 5.91 Å². The first-order valence-corrected chi connectivity index (χ1v) is 7.15. The first-order chi connectivity index (χ1) is 10.6. The predicted molar refractivity (Wildman–Crippen MR) is 88.9 cm³/mol. The third-order valence-corrected chi connectivity index (χ3v) is 3.40. The Hall–Kier alpha value is -1.67. The van der Waals surface area contributed by atoms with E-state index in [1.54, 1.807) is 29.2 Å². The van der Waals surface area contributed by atoms with Gasteiger partial charge in [-0.05, 0) is 12.1 Å². The number of carbonyl (C=O) groups is 2. The lowest BCUT2D eigenvalue weighted by Crippen LogP contribution is -2.42. The molecule has 0 spiro atoms. The number of rotatable bonds is 5. The quantitative estimate of drug-likeness (QED) is 0.811. The van der Waals surface area contributed by atoms with Crippen LogP contribution in [0.1, 0.15) is 10.4 Å². The van der Waals surface area contributed by atoms with Gasteiger partial charge in [0.1, 0.15) is 6.04 Å². The third-order valence-electron chi connectivity index (χ3n) is 3.40. The highest BCUT2D eigenvalue weighted by Gasteiger charge is 2.22. The molecule has 23 heavy (non-hydrogen) atoms. The lowest BCUT2D eigenvalue weighted by atomic mass is 10.1. The van der Waals surface area contributed by atoms with E-state index >= 15 is 0 Å². The Morgan fingerprint density at radius 2 is 2.00 bits per heavy atom. The molecule has 2 amide bonds. The Labute approximate surface area is 141 Å². The number of anilines is 1. The summed E-state index contributed by atoms with van der Waals surface area (Å²) in [6.07, 6.45) is 0. The van der Waals surface area contributed by atoms with Crippen molar-refractivity contribution in [3.8, 4) is 0 Å². The van der Waals surface area contributed by atoms with Crippen molar-refractivity contribution >= 4 is 29.9 Å². The van der Waals surface area contributed by atoms with Crippen LogP contribution in [0, 0.1) is 0 Å². The number of nitrogens with zero attached hydrogens (tertiary/aromatic N) is 1. The van der Waals surface area contributed by atoms with Crippen molar-refractivity contribution in [3.63, 3.8) is 0 Å². The molecule has 0 aliphatic carbocycles. The van der Waals surface area contributed by atoms with E-state index in [0.29, 0.717) is 37.6 Å². The van der Waals surface area contributed by atoms with Crippen LogP contribution in [0.25, 0.3) is 0 Å². The van der Waals surface area contributed by atoms with Crippen molar-refractivity contribution in [2.24, 2.45) is 5.73 Å². The summed E-state index contributed by atoms with van der Waals surface area (Å²) in [5.41, 5.74) is 6.60.